The molecule has 1 aliphatic heterocycles. The van der Waals surface area contributed by atoms with Gasteiger partial charge in [0.05, 0.1) is 5.56 Å². The fourth-order valence-electron chi connectivity index (χ4n) is 2.58. The van der Waals surface area contributed by atoms with Gasteiger partial charge in [0.15, 0.2) is 0 Å². The molecule has 0 bridgehead atoms. The third kappa shape index (κ3) is 4.28. The van der Waals surface area contributed by atoms with E-state index in [1.54, 1.807) is 6.07 Å². The Kier molecular flexibility index (Phi) is 5.54. The maximum absolute atomic E-state index is 13.6. The van der Waals surface area contributed by atoms with Crippen LogP contribution in [0.5, 0.6) is 0 Å². The first-order chi connectivity index (χ1) is 9.56. The molecule has 3 nitrogen and oxygen atoms in total. The molecule has 1 unspecified atom stereocenters. The fraction of sp³-hybridized carbons (Fsp3) is 0.533. The molecule has 1 fully saturated rings. The van der Waals surface area contributed by atoms with Crippen molar-refractivity contribution in [3.63, 3.8) is 0 Å². The van der Waals surface area contributed by atoms with Crippen LogP contribution in [0, 0.1) is 11.7 Å². The number of rotatable bonds is 4. The molecular weight excluding hydrogens is 323 g/mol. The van der Waals surface area contributed by atoms with Crippen LogP contribution >= 0.6 is 15.9 Å². The lowest BCUT2D eigenvalue weighted by atomic mass is 10.0. The van der Waals surface area contributed by atoms with E-state index in [2.05, 4.69) is 33.1 Å². The topological polar surface area (TPSA) is 32.3 Å². The molecule has 1 aliphatic rings. The van der Waals surface area contributed by atoms with Gasteiger partial charge in [-0.05, 0) is 43.5 Å². The number of halogens is 2. The van der Waals surface area contributed by atoms with Crippen molar-refractivity contribution in [1.82, 2.24) is 10.2 Å². The second-order valence-corrected chi connectivity index (χ2v) is 6.34. The van der Waals surface area contributed by atoms with Gasteiger partial charge in [0, 0.05) is 24.1 Å². The normalized spacial score (nSPS) is 19.9. The van der Waals surface area contributed by atoms with E-state index in [-0.39, 0.29) is 11.5 Å². The van der Waals surface area contributed by atoms with Crippen molar-refractivity contribution < 1.29 is 9.18 Å². The van der Waals surface area contributed by atoms with Crippen molar-refractivity contribution in [2.45, 2.75) is 19.8 Å². The SMILES string of the molecule is CC1CCCN(CCNC(=O)c2cc(Br)ccc2F)C1. The minimum absolute atomic E-state index is 0.0892. The maximum atomic E-state index is 13.6. The first-order valence-electron chi connectivity index (χ1n) is 7.02. The second kappa shape index (κ2) is 7.18. The summed E-state index contributed by atoms with van der Waals surface area (Å²) in [5, 5.41) is 2.79. The van der Waals surface area contributed by atoms with Crippen molar-refractivity contribution in [2.24, 2.45) is 5.92 Å². The number of hydrogen-bond acceptors (Lipinski definition) is 2. The number of nitrogens with zero attached hydrogens (tertiary/aromatic N) is 1. The highest BCUT2D eigenvalue weighted by molar-refractivity contribution is 9.10. The largest absolute Gasteiger partial charge is 0.351 e. The van der Waals surface area contributed by atoms with Gasteiger partial charge >= 0.3 is 0 Å². The van der Waals surface area contributed by atoms with Crippen LogP contribution in [0.25, 0.3) is 0 Å². The molecule has 0 aliphatic carbocycles. The summed E-state index contributed by atoms with van der Waals surface area (Å²) in [4.78, 5) is 14.3. The van der Waals surface area contributed by atoms with Crippen LogP contribution in [0.1, 0.15) is 30.1 Å². The summed E-state index contributed by atoms with van der Waals surface area (Å²) in [7, 11) is 0. The van der Waals surface area contributed by atoms with Crippen molar-refractivity contribution in [1.29, 1.82) is 0 Å². The summed E-state index contributed by atoms with van der Waals surface area (Å²) < 4.78 is 14.3. The van der Waals surface area contributed by atoms with Crippen molar-refractivity contribution in [3.05, 3.63) is 34.1 Å². The summed E-state index contributed by atoms with van der Waals surface area (Å²) in [6.45, 7) is 5.80. The van der Waals surface area contributed by atoms with Gasteiger partial charge in [0.1, 0.15) is 5.82 Å². The van der Waals surface area contributed by atoms with Gasteiger partial charge in [-0.1, -0.05) is 22.9 Å². The molecule has 1 saturated heterocycles. The first-order valence-corrected chi connectivity index (χ1v) is 7.81. The summed E-state index contributed by atoms with van der Waals surface area (Å²) in [6, 6.07) is 4.39. The van der Waals surface area contributed by atoms with E-state index < -0.39 is 5.82 Å². The van der Waals surface area contributed by atoms with Gasteiger partial charge in [0.25, 0.3) is 5.91 Å². The van der Waals surface area contributed by atoms with Crippen molar-refractivity contribution in [3.8, 4) is 0 Å². The highest BCUT2D eigenvalue weighted by Gasteiger charge is 2.16. The van der Waals surface area contributed by atoms with Crippen LogP contribution in [0.15, 0.2) is 22.7 Å². The molecule has 0 radical (unpaired) electrons. The average molecular weight is 343 g/mol. The number of carbonyl (C=O) groups excluding carboxylic acids is 1. The Morgan fingerprint density at radius 3 is 3.10 bits per heavy atom. The number of amides is 1. The minimum atomic E-state index is -0.489. The smallest absolute Gasteiger partial charge is 0.254 e. The standard InChI is InChI=1S/C15H20BrFN2O/c1-11-3-2-7-19(10-11)8-6-18-15(20)13-9-12(16)4-5-14(13)17/h4-5,9,11H,2-3,6-8,10H2,1H3,(H,18,20). The molecule has 1 heterocycles. The second-order valence-electron chi connectivity index (χ2n) is 5.43. The zero-order valence-corrected chi connectivity index (χ0v) is 13.2. The molecule has 1 N–H and O–H groups in total. The van der Waals surface area contributed by atoms with E-state index in [0.29, 0.717) is 11.0 Å². The lowest BCUT2D eigenvalue weighted by Crippen LogP contribution is -2.40. The predicted octanol–water partition coefficient (Wildman–Crippen LogP) is 3.05. The number of likely N-dealkylation sites (tertiary alicyclic amines) is 1. The van der Waals surface area contributed by atoms with Gasteiger partial charge in [0.2, 0.25) is 0 Å². The molecule has 110 valence electrons. The summed E-state index contributed by atoms with van der Waals surface area (Å²) >= 11 is 3.25. The van der Waals surface area contributed by atoms with E-state index in [4.69, 9.17) is 0 Å². The third-order valence-electron chi connectivity index (χ3n) is 3.63. The van der Waals surface area contributed by atoms with E-state index >= 15 is 0 Å². The highest BCUT2D eigenvalue weighted by atomic mass is 79.9. The van der Waals surface area contributed by atoms with Crippen LogP contribution in [0.3, 0.4) is 0 Å². The zero-order chi connectivity index (χ0) is 14.5. The Hall–Kier alpha value is -0.940. The molecule has 20 heavy (non-hydrogen) atoms. The van der Waals surface area contributed by atoms with Crippen molar-refractivity contribution >= 4 is 21.8 Å². The number of nitrogens with one attached hydrogen (secondary N) is 1. The molecule has 0 aromatic heterocycles. The Morgan fingerprint density at radius 1 is 1.55 bits per heavy atom. The third-order valence-corrected chi connectivity index (χ3v) is 4.12. The van der Waals surface area contributed by atoms with Gasteiger partial charge in [-0.25, -0.2) is 4.39 Å². The monoisotopic (exact) mass is 342 g/mol. The van der Waals surface area contributed by atoms with Crippen LogP contribution in [-0.4, -0.2) is 37.0 Å². The number of benzene rings is 1. The van der Waals surface area contributed by atoms with Gasteiger partial charge < -0.3 is 10.2 Å². The molecule has 1 amide bonds. The van der Waals surface area contributed by atoms with E-state index in [1.807, 2.05) is 0 Å². The van der Waals surface area contributed by atoms with Gasteiger partial charge in [-0.3, -0.25) is 4.79 Å². The number of piperidine rings is 1. The minimum Gasteiger partial charge on any atom is -0.351 e. The molecule has 2 rings (SSSR count). The Morgan fingerprint density at radius 2 is 2.35 bits per heavy atom. The van der Waals surface area contributed by atoms with Gasteiger partial charge in [-0.15, -0.1) is 0 Å². The first kappa shape index (κ1) is 15.4. The molecular formula is C15H20BrFN2O. The van der Waals surface area contributed by atoms with Gasteiger partial charge in [-0.2, -0.15) is 0 Å². The van der Waals surface area contributed by atoms with Crippen LogP contribution in [0.2, 0.25) is 0 Å². The lowest BCUT2D eigenvalue weighted by molar-refractivity contribution is 0.0939. The summed E-state index contributed by atoms with van der Waals surface area (Å²) in [5.74, 6) is -0.117. The molecule has 0 saturated carbocycles. The summed E-state index contributed by atoms with van der Waals surface area (Å²) in [5.41, 5.74) is 0.0892. The molecule has 0 spiro atoms. The number of hydrogen-bond donors (Lipinski definition) is 1. The van der Waals surface area contributed by atoms with Crippen LogP contribution in [-0.2, 0) is 0 Å². The fourth-order valence-corrected chi connectivity index (χ4v) is 2.95. The van der Waals surface area contributed by atoms with E-state index in [0.717, 1.165) is 25.6 Å². The Labute approximate surface area is 127 Å². The molecule has 1 aromatic carbocycles. The Balaban J connectivity index is 1.81. The maximum Gasteiger partial charge on any atom is 0.254 e. The number of carbonyl (C=O) groups is 1. The predicted molar refractivity (Wildman–Crippen MR) is 81.3 cm³/mol. The van der Waals surface area contributed by atoms with E-state index in [1.165, 1.54) is 25.0 Å². The highest BCUT2D eigenvalue weighted by Crippen LogP contribution is 2.16. The summed E-state index contributed by atoms with van der Waals surface area (Å²) in [6.07, 6.45) is 2.50. The lowest BCUT2D eigenvalue weighted by Gasteiger charge is -2.30. The van der Waals surface area contributed by atoms with E-state index in [9.17, 15) is 9.18 Å². The average Bonchev–Trinajstić information content (AvgIpc) is 2.41. The molecule has 1 atom stereocenters. The Bertz CT molecular complexity index is 481. The van der Waals surface area contributed by atoms with Crippen molar-refractivity contribution in [2.75, 3.05) is 26.2 Å². The van der Waals surface area contributed by atoms with Crippen LogP contribution < -0.4 is 5.32 Å². The zero-order valence-electron chi connectivity index (χ0n) is 11.7. The quantitative estimate of drug-likeness (QED) is 0.911. The molecule has 5 heteroatoms. The van der Waals surface area contributed by atoms with Crippen LogP contribution in [0.4, 0.5) is 4.39 Å². The molecule has 1 aromatic rings.